The molecule has 0 spiro atoms. The molecule has 0 bridgehead atoms. The molecule has 35 heavy (non-hydrogen) atoms. The highest BCUT2D eigenvalue weighted by Crippen LogP contribution is 2.42. The molecule has 1 atom stereocenters. The quantitative estimate of drug-likeness (QED) is 0.375. The van der Waals surface area contributed by atoms with Crippen molar-refractivity contribution < 1.29 is 27.7 Å². The van der Waals surface area contributed by atoms with Crippen LogP contribution in [0, 0.1) is 6.92 Å². The number of nitrogens with zero attached hydrogens (tertiary/aromatic N) is 3. The maximum atomic E-state index is 13.3. The zero-order valence-electron chi connectivity index (χ0n) is 18.6. The number of rotatable bonds is 5. The summed E-state index contributed by atoms with van der Waals surface area (Å²) < 4.78 is 29.9. The summed E-state index contributed by atoms with van der Waals surface area (Å²) in [5.74, 6) is -1.61. The van der Waals surface area contributed by atoms with Crippen LogP contribution in [0.1, 0.15) is 36.8 Å². The average Bonchev–Trinajstić information content (AvgIpc) is 3.30. The average molecular weight is 500 g/mol. The molecule has 2 N–H and O–H groups in total. The number of para-hydroxylation sites is 1. The fourth-order valence-corrected chi connectivity index (χ4v) is 6.95. The number of aryl methyl sites for hydroxylation is 1. The minimum absolute atomic E-state index is 0.111. The van der Waals surface area contributed by atoms with Gasteiger partial charge < -0.3 is 14.4 Å². The van der Waals surface area contributed by atoms with Crippen LogP contribution in [0.3, 0.4) is 0 Å². The lowest BCUT2D eigenvalue weighted by Crippen LogP contribution is -2.57. The molecule has 5 rings (SSSR count). The van der Waals surface area contributed by atoms with Gasteiger partial charge in [-0.3, -0.25) is 29.1 Å². The molecule has 2 fully saturated rings. The molecule has 0 radical (unpaired) electrons. The number of sulfone groups is 1. The van der Waals surface area contributed by atoms with Crippen molar-refractivity contribution in [1.29, 1.82) is 0 Å². The second kappa shape index (κ2) is 8.20. The molecule has 2 saturated heterocycles. The summed E-state index contributed by atoms with van der Waals surface area (Å²) in [7, 11) is -3.27. The van der Waals surface area contributed by atoms with Crippen LogP contribution in [0.5, 0.6) is 0 Å². The third-order valence-electron chi connectivity index (χ3n) is 6.38. The number of benzene rings is 1. The van der Waals surface area contributed by atoms with Gasteiger partial charge in [-0.15, -0.1) is 4.21 Å². The summed E-state index contributed by atoms with van der Waals surface area (Å²) in [5.41, 5.74) is -0.546. The Morgan fingerprint density at radius 3 is 2.74 bits per heavy atom. The Bertz CT molecular complexity index is 1470. The molecule has 13 heteroatoms. The molecule has 182 valence electrons. The summed E-state index contributed by atoms with van der Waals surface area (Å²) in [4.78, 5) is 54.6. The number of aromatic nitrogens is 3. The van der Waals surface area contributed by atoms with E-state index in [1.54, 1.807) is 25.1 Å². The number of hydrogen-bond acceptors (Lipinski definition) is 9. The molecular weight excluding hydrogens is 478 g/mol. The van der Waals surface area contributed by atoms with E-state index in [1.807, 2.05) is 0 Å². The van der Waals surface area contributed by atoms with E-state index >= 15 is 0 Å². The first-order valence-electron chi connectivity index (χ1n) is 10.9. The Morgan fingerprint density at radius 1 is 1.31 bits per heavy atom. The first-order valence-corrected chi connectivity index (χ1v) is 12.7. The lowest BCUT2D eigenvalue weighted by atomic mass is 9.84. The zero-order valence-corrected chi connectivity index (χ0v) is 19.4. The summed E-state index contributed by atoms with van der Waals surface area (Å²) in [5, 5.41) is 9.02. The van der Waals surface area contributed by atoms with E-state index in [2.05, 4.69) is 20.8 Å². The minimum Gasteiger partial charge on any atom is -0.615 e. The Morgan fingerprint density at radius 2 is 2.09 bits per heavy atom. The van der Waals surface area contributed by atoms with Crippen LogP contribution in [-0.2, 0) is 34.2 Å². The number of nitrogens with one attached hydrogen (secondary N) is 2. The smallest absolute Gasteiger partial charge is 0.262 e. The molecular formula is C22H21N5O7S. The lowest BCUT2D eigenvalue weighted by Gasteiger charge is -2.41. The maximum Gasteiger partial charge on any atom is 0.262 e. The summed E-state index contributed by atoms with van der Waals surface area (Å²) >= 11 is 0. The van der Waals surface area contributed by atoms with Gasteiger partial charge in [-0.2, -0.15) is 0 Å². The number of imide groups is 1. The number of piperidine rings is 1. The van der Waals surface area contributed by atoms with Gasteiger partial charge in [-0.1, -0.05) is 11.2 Å². The SMILES string of the molecule is Cc1nc2c(NC(=O)CC3(c4ccon4)C[S+](=O)([O-])C3)cccc2c(=O)n1C1CCC(=O)NC1=O. The Balaban J connectivity index is 1.45. The van der Waals surface area contributed by atoms with Gasteiger partial charge in [0.2, 0.25) is 17.7 Å². The van der Waals surface area contributed by atoms with E-state index in [0.717, 1.165) is 0 Å². The maximum absolute atomic E-state index is 13.3. The molecule has 3 amide bonds. The minimum atomic E-state index is -3.27. The number of carbonyl (C=O) groups is 3. The van der Waals surface area contributed by atoms with Crippen molar-refractivity contribution in [2.75, 3.05) is 16.8 Å². The molecule has 4 heterocycles. The fraction of sp³-hybridized carbons (Fsp3) is 0.364. The van der Waals surface area contributed by atoms with Crippen molar-refractivity contribution in [3.05, 3.63) is 52.4 Å². The highest BCUT2D eigenvalue weighted by atomic mass is 32.3. The predicted octanol–water partition coefficient (Wildman–Crippen LogP) is 0.581. The molecule has 2 aromatic heterocycles. The van der Waals surface area contributed by atoms with Gasteiger partial charge in [0.1, 0.15) is 40.6 Å². The predicted molar refractivity (Wildman–Crippen MR) is 122 cm³/mol. The number of amides is 3. The molecule has 3 aromatic rings. The highest BCUT2D eigenvalue weighted by molar-refractivity contribution is 7.99. The van der Waals surface area contributed by atoms with Gasteiger partial charge in [0.05, 0.1) is 16.8 Å². The van der Waals surface area contributed by atoms with Crippen molar-refractivity contribution in [3.8, 4) is 0 Å². The zero-order chi connectivity index (χ0) is 25.0. The van der Waals surface area contributed by atoms with Crippen molar-refractivity contribution in [3.63, 3.8) is 0 Å². The van der Waals surface area contributed by atoms with E-state index in [4.69, 9.17) is 4.52 Å². The van der Waals surface area contributed by atoms with Crippen LogP contribution >= 0.6 is 0 Å². The molecule has 2 aliphatic rings. The molecule has 1 unspecified atom stereocenters. The molecule has 0 aliphatic carbocycles. The monoisotopic (exact) mass is 499 g/mol. The fourth-order valence-electron chi connectivity index (χ4n) is 4.85. The van der Waals surface area contributed by atoms with E-state index < -0.39 is 45.0 Å². The van der Waals surface area contributed by atoms with Crippen LogP contribution in [0.25, 0.3) is 10.9 Å². The molecule has 2 aliphatic heterocycles. The number of fused-ring (bicyclic) bond motifs is 1. The standard InChI is InChI=1S/C22H21N5O7S/c1-12-23-19-13(21(31)27(12)15-5-6-17(28)25-20(15)30)3-2-4-14(19)24-18(29)9-22(10-35(32,33)11-22)16-7-8-34-26-16/h2-4,7-8,15H,5-6,9-11H2,1H3,(H2-,24,25,28,29,30,32,33). The summed E-state index contributed by atoms with van der Waals surface area (Å²) in [6.07, 6.45) is 1.47. The highest BCUT2D eigenvalue weighted by Gasteiger charge is 2.57. The van der Waals surface area contributed by atoms with E-state index in [1.165, 1.54) is 16.9 Å². The first kappa shape index (κ1) is 23.1. The van der Waals surface area contributed by atoms with E-state index in [9.17, 15) is 27.9 Å². The number of hydrogen-bond donors (Lipinski definition) is 2. The van der Waals surface area contributed by atoms with Crippen LogP contribution < -0.4 is 16.2 Å². The largest absolute Gasteiger partial charge is 0.615 e. The van der Waals surface area contributed by atoms with Gasteiger partial charge in [-0.25, -0.2) is 4.98 Å². The van der Waals surface area contributed by atoms with Crippen LogP contribution in [0.2, 0.25) is 0 Å². The molecule has 0 saturated carbocycles. The van der Waals surface area contributed by atoms with Gasteiger partial charge >= 0.3 is 0 Å². The number of carbonyl (C=O) groups excluding carboxylic acids is 3. The van der Waals surface area contributed by atoms with Gasteiger partial charge in [0.15, 0.2) is 0 Å². The van der Waals surface area contributed by atoms with Crippen LogP contribution in [0.4, 0.5) is 5.69 Å². The molecule has 1 aromatic carbocycles. The van der Waals surface area contributed by atoms with Crippen molar-refractivity contribution in [2.45, 2.75) is 37.6 Å². The van der Waals surface area contributed by atoms with Gasteiger partial charge in [-0.05, 0) is 25.5 Å². The normalized spacial score (nSPS) is 26.3. The third-order valence-corrected chi connectivity index (χ3v) is 8.36. The summed E-state index contributed by atoms with van der Waals surface area (Å²) in [6, 6.07) is 5.38. The molecule has 12 nitrogen and oxygen atoms in total. The third kappa shape index (κ3) is 4.06. The topological polar surface area (TPSA) is 176 Å². The van der Waals surface area contributed by atoms with Gasteiger partial charge in [0, 0.05) is 29.1 Å². The Hall–Kier alpha value is -3.71. The second-order valence-corrected chi connectivity index (χ2v) is 11.0. The van der Waals surface area contributed by atoms with Crippen LogP contribution in [-0.4, -0.2) is 48.5 Å². The van der Waals surface area contributed by atoms with Crippen molar-refractivity contribution in [2.24, 2.45) is 0 Å². The van der Waals surface area contributed by atoms with Crippen molar-refractivity contribution >= 4 is 44.5 Å². The summed E-state index contributed by atoms with van der Waals surface area (Å²) in [6.45, 7) is 1.57. The Kier molecular flexibility index (Phi) is 5.40. The van der Waals surface area contributed by atoms with E-state index in [0.29, 0.717) is 5.69 Å². The van der Waals surface area contributed by atoms with Crippen molar-refractivity contribution in [1.82, 2.24) is 20.0 Å². The van der Waals surface area contributed by atoms with Crippen LogP contribution in [0.15, 0.2) is 39.8 Å². The number of anilines is 1. The second-order valence-electron chi connectivity index (χ2n) is 8.93. The Labute approximate surface area is 199 Å². The lowest BCUT2D eigenvalue weighted by molar-refractivity contribution is -0.135. The van der Waals surface area contributed by atoms with E-state index in [-0.39, 0.29) is 53.2 Å². The first-order chi connectivity index (χ1) is 16.6. The van der Waals surface area contributed by atoms with Gasteiger partial charge in [0.25, 0.3) is 5.56 Å².